The lowest BCUT2D eigenvalue weighted by Gasteiger charge is -2.33. The Morgan fingerprint density at radius 3 is 2.61 bits per heavy atom. The van der Waals surface area contributed by atoms with E-state index in [1.54, 1.807) is 11.0 Å². The van der Waals surface area contributed by atoms with Crippen molar-refractivity contribution in [1.29, 1.82) is 0 Å². The average molecular weight is 634 g/mol. The quantitative estimate of drug-likeness (QED) is 0.384. The molecule has 46 heavy (non-hydrogen) atoms. The summed E-state index contributed by atoms with van der Waals surface area (Å²) in [5.74, 6) is 0.444. The van der Waals surface area contributed by atoms with Gasteiger partial charge in [-0.2, -0.15) is 0 Å². The summed E-state index contributed by atoms with van der Waals surface area (Å²) in [4.78, 5) is 58.7. The average Bonchev–Trinajstić information content (AvgIpc) is 3.87. The highest BCUT2D eigenvalue weighted by molar-refractivity contribution is 5.96. The van der Waals surface area contributed by atoms with Crippen LogP contribution in [0.25, 0.3) is 0 Å². The lowest BCUT2D eigenvalue weighted by molar-refractivity contribution is -0.143. The third-order valence-corrected chi connectivity index (χ3v) is 11.7. The third-order valence-electron chi connectivity index (χ3n) is 11.7. The molecule has 6 aliphatic rings. The van der Waals surface area contributed by atoms with E-state index in [0.29, 0.717) is 30.4 Å². The zero-order chi connectivity index (χ0) is 31.8. The summed E-state index contributed by atoms with van der Waals surface area (Å²) >= 11 is 0. The molecule has 8 nitrogen and oxygen atoms in total. The van der Waals surface area contributed by atoms with Gasteiger partial charge in [0.1, 0.15) is 11.9 Å². The third kappa shape index (κ3) is 6.61. The first-order valence-corrected chi connectivity index (χ1v) is 17.8. The standard InChI is InChI=1S/C37H48FN3O5/c38-31-13-7-11-27-21-40(23-30(27)31)36(45)46-29-17-32-33(42)19-37(35(44)39-20-25-14-15-25)18-28(37)12-5-3-1-2-4-10-26(16-24-8-6-9-24)34(43)41(32)22-29/h5,7,11-13,24-26,28-29,32H,1-4,6,8-10,14-23H2,(H,39,44)/b12-5-/t26-,28-,29-,32+,37-/m1/s1. The molecule has 0 spiro atoms. The summed E-state index contributed by atoms with van der Waals surface area (Å²) < 4.78 is 20.3. The van der Waals surface area contributed by atoms with Crippen LogP contribution in [0.4, 0.5) is 9.18 Å². The van der Waals surface area contributed by atoms with E-state index in [-0.39, 0.29) is 67.7 Å². The molecule has 3 aliphatic heterocycles. The van der Waals surface area contributed by atoms with Crippen LogP contribution in [-0.2, 0) is 32.2 Å². The second-order valence-electron chi connectivity index (χ2n) is 15.0. The van der Waals surface area contributed by atoms with E-state index in [1.165, 1.54) is 17.4 Å². The van der Waals surface area contributed by atoms with E-state index in [0.717, 1.165) is 69.8 Å². The van der Waals surface area contributed by atoms with Crippen molar-refractivity contribution in [1.82, 2.24) is 15.1 Å². The molecule has 7 rings (SSSR count). The Balaban J connectivity index is 1.10. The van der Waals surface area contributed by atoms with Crippen molar-refractivity contribution in [3.63, 3.8) is 0 Å². The van der Waals surface area contributed by atoms with Crippen molar-refractivity contribution in [3.8, 4) is 0 Å². The zero-order valence-corrected chi connectivity index (χ0v) is 26.9. The van der Waals surface area contributed by atoms with Crippen LogP contribution in [0, 0.1) is 34.9 Å². The molecular formula is C37H48FN3O5. The van der Waals surface area contributed by atoms with Gasteiger partial charge in [-0.25, -0.2) is 9.18 Å². The second-order valence-corrected chi connectivity index (χ2v) is 15.0. The van der Waals surface area contributed by atoms with Gasteiger partial charge in [0.25, 0.3) is 0 Å². The van der Waals surface area contributed by atoms with Crippen LogP contribution in [-0.4, -0.2) is 58.7 Å². The number of halogens is 1. The monoisotopic (exact) mass is 633 g/mol. The molecule has 1 aromatic carbocycles. The minimum Gasteiger partial charge on any atom is -0.444 e. The van der Waals surface area contributed by atoms with Gasteiger partial charge in [0.05, 0.1) is 24.5 Å². The Hall–Kier alpha value is -3.23. The van der Waals surface area contributed by atoms with Gasteiger partial charge in [-0.1, -0.05) is 56.4 Å². The lowest BCUT2D eigenvalue weighted by Crippen LogP contribution is -2.46. The van der Waals surface area contributed by atoms with Gasteiger partial charge in [0, 0.05) is 37.4 Å². The number of ether oxygens (including phenoxy) is 1. The number of nitrogens with one attached hydrogen (secondary N) is 1. The number of hydrogen-bond acceptors (Lipinski definition) is 5. The van der Waals surface area contributed by atoms with Crippen molar-refractivity contribution in [2.45, 2.75) is 115 Å². The first-order chi connectivity index (χ1) is 22.3. The molecule has 9 heteroatoms. The van der Waals surface area contributed by atoms with Gasteiger partial charge in [-0.05, 0) is 74.3 Å². The van der Waals surface area contributed by atoms with E-state index in [4.69, 9.17) is 4.74 Å². The highest BCUT2D eigenvalue weighted by Crippen LogP contribution is 2.57. The van der Waals surface area contributed by atoms with Crippen LogP contribution in [0.1, 0.15) is 101 Å². The van der Waals surface area contributed by atoms with Crippen molar-refractivity contribution >= 4 is 23.7 Å². The Morgan fingerprint density at radius 2 is 1.85 bits per heavy atom. The maximum absolute atomic E-state index is 14.4. The topological polar surface area (TPSA) is 96.0 Å². The number of nitrogens with zero attached hydrogens (tertiary/aromatic N) is 2. The molecule has 5 atom stereocenters. The van der Waals surface area contributed by atoms with Crippen molar-refractivity contribution in [2.24, 2.45) is 29.1 Å². The van der Waals surface area contributed by atoms with Crippen molar-refractivity contribution in [3.05, 3.63) is 47.3 Å². The molecule has 1 saturated heterocycles. The summed E-state index contributed by atoms with van der Waals surface area (Å²) in [5, 5.41) is 3.14. The number of rotatable bonds is 6. The SMILES string of the molecule is O=C1C[C@]2(C(=O)NCC3CC3)C[C@H]2/C=C\CCCCC[C@H](CC2CCC2)C(=O)N2C[C@H](OC(=O)N3Cc4cccc(F)c4C3)C[C@@H]12. The zero-order valence-electron chi connectivity index (χ0n) is 26.9. The molecule has 3 aliphatic carbocycles. The molecule has 1 N–H and O–H groups in total. The molecule has 0 unspecified atom stereocenters. The molecule has 3 heterocycles. The number of ketones is 1. The van der Waals surface area contributed by atoms with Gasteiger partial charge in [0.2, 0.25) is 11.8 Å². The number of benzene rings is 1. The number of carbonyl (C=O) groups excluding carboxylic acids is 4. The maximum atomic E-state index is 14.4. The fourth-order valence-electron chi connectivity index (χ4n) is 8.25. The minimum absolute atomic E-state index is 0.00738. The first-order valence-electron chi connectivity index (χ1n) is 17.8. The molecule has 3 amide bonds. The molecule has 0 aromatic heterocycles. The molecule has 3 saturated carbocycles. The Morgan fingerprint density at radius 1 is 1.00 bits per heavy atom. The number of hydrogen-bond donors (Lipinski definition) is 1. The summed E-state index contributed by atoms with van der Waals surface area (Å²) in [6, 6.07) is 4.12. The summed E-state index contributed by atoms with van der Waals surface area (Å²) in [7, 11) is 0. The van der Waals surface area contributed by atoms with Crippen LogP contribution in [0.15, 0.2) is 30.4 Å². The molecule has 1 aromatic rings. The number of fused-ring (bicyclic) bond motifs is 3. The van der Waals surface area contributed by atoms with Crippen LogP contribution in [0.2, 0.25) is 0 Å². The number of Topliss-reactive ketones (excluding diaryl/α,β-unsaturated/α-hetero) is 1. The number of allylic oxidation sites excluding steroid dienone is 2. The van der Waals surface area contributed by atoms with Gasteiger partial charge in [0.15, 0.2) is 5.78 Å². The second kappa shape index (κ2) is 13.1. The maximum Gasteiger partial charge on any atom is 0.410 e. The van der Waals surface area contributed by atoms with E-state index >= 15 is 0 Å². The van der Waals surface area contributed by atoms with E-state index < -0.39 is 23.7 Å². The largest absolute Gasteiger partial charge is 0.444 e. The van der Waals surface area contributed by atoms with E-state index in [2.05, 4.69) is 17.5 Å². The lowest BCUT2D eigenvalue weighted by atomic mass is 9.77. The number of carbonyl (C=O) groups is 4. The molecule has 248 valence electrons. The van der Waals surface area contributed by atoms with Crippen molar-refractivity contribution in [2.75, 3.05) is 13.1 Å². The van der Waals surface area contributed by atoms with Crippen LogP contribution < -0.4 is 5.32 Å². The molecular weight excluding hydrogens is 585 g/mol. The predicted molar refractivity (Wildman–Crippen MR) is 170 cm³/mol. The van der Waals surface area contributed by atoms with Crippen LogP contribution >= 0.6 is 0 Å². The highest BCUT2D eigenvalue weighted by atomic mass is 19.1. The first kappa shape index (κ1) is 31.4. The predicted octanol–water partition coefficient (Wildman–Crippen LogP) is 6.07. The molecule has 4 fully saturated rings. The highest BCUT2D eigenvalue weighted by Gasteiger charge is 2.60. The Kier molecular flexibility index (Phi) is 8.94. The smallest absolute Gasteiger partial charge is 0.410 e. The fourth-order valence-corrected chi connectivity index (χ4v) is 8.25. The molecule has 0 bridgehead atoms. The minimum atomic E-state index is -0.775. The summed E-state index contributed by atoms with van der Waals surface area (Å²) in [5.41, 5.74) is 0.489. The van der Waals surface area contributed by atoms with Crippen LogP contribution in [0.5, 0.6) is 0 Å². The number of amides is 3. The van der Waals surface area contributed by atoms with Crippen LogP contribution in [0.3, 0.4) is 0 Å². The Bertz CT molecular complexity index is 1390. The van der Waals surface area contributed by atoms with E-state index in [1.807, 2.05) is 6.07 Å². The summed E-state index contributed by atoms with van der Waals surface area (Å²) in [6.07, 6.45) is 15.5. The van der Waals surface area contributed by atoms with Gasteiger partial charge in [-0.3, -0.25) is 19.3 Å². The Labute approximate surface area is 271 Å². The summed E-state index contributed by atoms with van der Waals surface area (Å²) in [6.45, 7) is 1.22. The van der Waals surface area contributed by atoms with Gasteiger partial charge in [-0.15, -0.1) is 0 Å². The normalized spacial score (nSPS) is 32.4. The van der Waals surface area contributed by atoms with E-state index in [9.17, 15) is 23.6 Å². The molecule has 0 radical (unpaired) electrons. The van der Waals surface area contributed by atoms with Gasteiger partial charge < -0.3 is 15.0 Å². The fraction of sp³-hybridized carbons (Fsp3) is 0.676. The van der Waals surface area contributed by atoms with Gasteiger partial charge >= 0.3 is 6.09 Å². The van der Waals surface area contributed by atoms with Crippen molar-refractivity contribution < 1.29 is 28.3 Å².